The van der Waals surface area contributed by atoms with Crippen molar-refractivity contribution in [2.24, 2.45) is 5.92 Å². The maximum atomic E-state index is 12.1. The highest BCUT2D eigenvalue weighted by Gasteiger charge is 2.21. The smallest absolute Gasteiger partial charge is 0.335 e. The molecule has 2 rings (SSSR count). The zero-order valence-corrected chi connectivity index (χ0v) is 11.8. The van der Waals surface area contributed by atoms with Crippen molar-refractivity contribution in [1.29, 1.82) is 0 Å². The third-order valence-corrected chi connectivity index (χ3v) is 3.90. The highest BCUT2D eigenvalue weighted by atomic mass is 16.4. The van der Waals surface area contributed by atoms with Crippen LogP contribution in [-0.2, 0) is 11.2 Å². The number of carbonyl (C=O) groups is 2. The SMILES string of the molecule is CC1CCCC(NC(=O)Cc2ccccc2C(=O)O)C1. The average molecular weight is 275 g/mol. The molecule has 1 aliphatic rings. The molecule has 0 bridgehead atoms. The summed E-state index contributed by atoms with van der Waals surface area (Å²) in [5, 5.41) is 12.1. The number of benzene rings is 1. The first kappa shape index (κ1) is 14.6. The fourth-order valence-electron chi connectivity index (χ4n) is 2.90. The highest BCUT2D eigenvalue weighted by molar-refractivity contribution is 5.91. The molecule has 0 aromatic heterocycles. The van der Waals surface area contributed by atoms with Crippen molar-refractivity contribution in [2.75, 3.05) is 0 Å². The molecular formula is C16H21NO3. The first-order chi connectivity index (χ1) is 9.56. The third-order valence-electron chi connectivity index (χ3n) is 3.90. The van der Waals surface area contributed by atoms with Gasteiger partial charge in [0.2, 0.25) is 5.91 Å². The molecule has 20 heavy (non-hydrogen) atoms. The summed E-state index contributed by atoms with van der Waals surface area (Å²) in [5.41, 5.74) is 0.779. The lowest BCUT2D eigenvalue weighted by Gasteiger charge is -2.27. The van der Waals surface area contributed by atoms with Crippen LogP contribution in [0, 0.1) is 5.92 Å². The Balaban J connectivity index is 1.96. The van der Waals surface area contributed by atoms with Gasteiger partial charge in [0.15, 0.2) is 0 Å². The van der Waals surface area contributed by atoms with E-state index in [1.54, 1.807) is 18.2 Å². The molecule has 4 nitrogen and oxygen atoms in total. The monoisotopic (exact) mass is 275 g/mol. The molecule has 0 spiro atoms. The number of hydrogen-bond donors (Lipinski definition) is 2. The van der Waals surface area contributed by atoms with Crippen LogP contribution < -0.4 is 5.32 Å². The minimum absolute atomic E-state index is 0.0854. The van der Waals surface area contributed by atoms with Crippen molar-refractivity contribution in [3.05, 3.63) is 35.4 Å². The van der Waals surface area contributed by atoms with Crippen molar-refractivity contribution < 1.29 is 14.7 Å². The van der Waals surface area contributed by atoms with Gasteiger partial charge in [-0.15, -0.1) is 0 Å². The van der Waals surface area contributed by atoms with Gasteiger partial charge in [-0.3, -0.25) is 4.79 Å². The van der Waals surface area contributed by atoms with Crippen LogP contribution in [0.2, 0.25) is 0 Å². The van der Waals surface area contributed by atoms with E-state index in [-0.39, 0.29) is 23.9 Å². The zero-order chi connectivity index (χ0) is 14.5. The number of hydrogen-bond acceptors (Lipinski definition) is 2. The minimum Gasteiger partial charge on any atom is -0.478 e. The summed E-state index contributed by atoms with van der Waals surface area (Å²) in [6, 6.07) is 6.91. The quantitative estimate of drug-likeness (QED) is 0.887. The van der Waals surface area contributed by atoms with E-state index in [1.807, 2.05) is 0 Å². The normalized spacial score (nSPS) is 22.2. The van der Waals surface area contributed by atoms with Crippen LogP contribution in [0.3, 0.4) is 0 Å². The van der Waals surface area contributed by atoms with E-state index < -0.39 is 5.97 Å². The summed E-state index contributed by atoms with van der Waals surface area (Å²) in [4.78, 5) is 23.2. The number of carboxylic acid groups (broad SMARTS) is 1. The summed E-state index contributed by atoms with van der Waals surface area (Å²) in [6.07, 6.45) is 4.56. The van der Waals surface area contributed by atoms with Gasteiger partial charge in [-0.1, -0.05) is 38.0 Å². The van der Waals surface area contributed by atoms with Gasteiger partial charge < -0.3 is 10.4 Å². The summed E-state index contributed by atoms with van der Waals surface area (Å²) >= 11 is 0. The zero-order valence-electron chi connectivity index (χ0n) is 11.8. The van der Waals surface area contributed by atoms with Crippen molar-refractivity contribution in [3.63, 3.8) is 0 Å². The van der Waals surface area contributed by atoms with Crippen LogP contribution in [0.25, 0.3) is 0 Å². The standard InChI is InChI=1S/C16H21NO3/c1-11-5-4-7-13(9-11)17-15(18)10-12-6-2-3-8-14(12)16(19)20/h2-3,6,8,11,13H,4-5,7,9-10H2,1H3,(H,17,18)(H,19,20). The predicted octanol–water partition coefficient (Wildman–Crippen LogP) is 2.62. The van der Waals surface area contributed by atoms with Crippen LogP contribution in [0.5, 0.6) is 0 Å². The lowest BCUT2D eigenvalue weighted by Crippen LogP contribution is -2.38. The van der Waals surface area contributed by atoms with E-state index in [9.17, 15) is 9.59 Å². The van der Waals surface area contributed by atoms with Crippen LogP contribution in [0.15, 0.2) is 24.3 Å². The van der Waals surface area contributed by atoms with Crippen molar-refractivity contribution in [2.45, 2.75) is 45.1 Å². The Morgan fingerprint density at radius 1 is 1.30 bits per heavy atom. The molecular weight excluding hydrogens is 254 g/mol. The Kier molecular flexibility index (Phi) is 4.77. The molecule has 0 aliphatic heterocycles. The number of aromatic carboxylic acids is 1. The fourth-order valence-corrected chi connectivity index (χ4v) is 2.90. The molecule has 2 unspecified atom stereocenters. The molecule has 108 valence electrons. The van der Waals surface area contributed by atoms with Crippen molar-refractivity contribution >= 4 is 11.9 Å². The molecule has 1 amide bonds. The van der Waals surface area contributed by atoms with Crippen molar-refractivity contribution in [3.8, 4) is 0 Å². The van der Waals surface area contributed by atoms with Gasteiger partial charge in [-0.2, -0.15) is 0 Å². The van der Waals surface area contributed by atoms with E-state index in [4.69, 9.17) is 5.11 Å². The van der Waals surface area contributed by atoms with E-state index in [2.05, 4.69) is 12.2 Å². The van der Waals surface area contributed by atoms with Gasteiger partial charge >= 0.3 is 5.97 Å². The number of rotatable bonds is 4. The third kappa shape index (κ3) is 3.83. The Morgan fingerprint density at radius 3 is 2.75 bits per heavy atom. The number of amides is 1. The van der Waals surface area contributed by atoms with E-state index in [1.165, 1.54) is 12.5 Å². The first-order valence-electron chi connectivity index (χ1n) is 7.17. The molecule has 0 heterocycles. The molecule has 1 fully saturated rings. The molecule has 1 aliphatic carbocycles. The van der Waals surface area contributed by atoms with Crippen LogP contribution in [0.4, 0.5) is 0 Å². The van der Waals surface area contributed by atoms with Crippen LogP contribution >= 0.6 is 0 Å². The molecule has 1 aromatic carbocycles. The Hall–Kier alpha value is -1.84. The molecule has 0 radical (unpaired) electrons. The van der Waals surface area contributed by atoms with Crippen molar-refractivity contribution in [1.82, 2.24) is 5.32 Å². The lowest BCUT2D eigenvalue weighted by atomic mass is 9.87. The van der Waals surface area contributed by atoms with Crippen LogP contribution in [0.1, 0.15) is 48.5 Å². The van der Waals surface area contributed by atoms with Crippen LogP contribution in [-0.4, -0.2) is 23.0 Å². The highest BCUT2D eigenvalue weighted by Crippen LogP contribution is 2.23. The summed E-state index contributed by atoms with van der Waals surface area (Å²) in [7, 11) is 0. The molecule has 2 N–H and O–H groups in total. The Morgan fingerprint density at radius 2 is 2.05 bits per heavy atom. The molecule has 2 atom stereocenters. The predicted molar refractivity (Wildman–Crippen MR) is 76.7 cm³/mol. The van der Waals surface area contributed by atoms with Gasteiger partial charge in [-0.25, -0.2) is 4.79 Å². The first-order valence-corrected chi connectivity index (χ1v) is 7.17. The summed E-state index contributed by atoms with van der Waals surface area (Å²) < 4.78 is 0. The molecule has 4 heteroatoms. The second kappa shape index (κ2) is 6.55. The van der Waals surface area contributed by atoms with E-state index >= 15 is 0 Å². The average Bonchev–Trinajstić information content (AvgIpc) is 2.38. The topological polar surface area (TPSA) is 66.4 Å². The minimum atomic E-state index is -0.986. The summed E-state index contributed by atoms with van der Waals surface area (Å²) in [6.45, 7) is 2.21. The Labute approximate surface area is 119 Å². The van der Waals surface area contributed by atoms with Gasteiger partial charge in [0, 0.05) is 6.04 Å². The maximum Gasteiger partial charge on any atom is 0.335 e. The molecule has 1 saturated carbocycles. The maximum absolute atomic E-state index is 12.1. The van der Waals surface area contributed by atoms with E-state index in [0.29, 0.717) is 11.5 Å². The van der Waals surface area contributed by atoms with Gasteiger partial charge in [0.1, 0.15) is 0 Å². The Bertz CT molecular complexity index is 498. The van der Waals surface area contributed by atoms with Gasteiger partial charge in [0.05, 0.1) is 12.0 Å². The molecule has 0 saturated heterocycles. The lowest BCUT2D eigenvalue weighted by molar-refractivity contribution is -0.121. The van der Waals surface area contributed by atoms with Gasteiger partial charge in [-0.05, 0) is 30.4 Å². The second-order valence-corrected chi connectivity index (χ2v) is 5.68. The summed E-state index contributed by atoms with van der Waals surface area (Å²) in [5.74, 6) is -0.419. The second-order valence-electron chi connectivity index (χ2n) is 5.68. The molecule has 1 aromatic rings. The largest absolute Gasteiger partial charge is 0.478 e. The number of carbonyl (C=O) groups excluding carboxylic acids is 1. The van der Waals surface area contributed by atoms with Gasteiger partial charge in [0.25, 0.3) is 0 Å². The number of carboxylic acids is 1. The fraction of sp³-hybridized carbons (Fsp3) is 0.500. The van der Waals surface area contributed by atoms with E-state index in [0.717, 1.165) is 19.3 Å². The number of nitrogens with one attached hydrogen (secondary N) is 1.